The summed E-state index contributed by atoms with van der Waals surface area (Å²) in [6, 6.07) is 13.8. The van der Waals surface area contributed by atoms with Crippen molar-refractivity contribution in [3.8, 4) is 0 Å². The smallest absolute Gasteiger partial charge is 0.229 e. The van der Waals surface area contributed by atoms with Gasteiger partial charge in [-0.05, 0) is 17.0 Å². The van der Waals surface area contributed by atoms with Crippen LogP contribution in [0.1, 0.15) is 15.2 Å². The second-order valence-corrected chi connectivity index (χ2v) is 4.93. The molecule has 0 spiro atoms. The third kappa shape index (κ3) is 2.94. The molecular formula is C12H10OS2. The predicted octanol–water partition coefficient (Wildman–Crippen LogP) is 3.82. The van der Waals surface area contributed by atoms with E-state index in [2.05, 4.69) is 0 Å². The Labute approximate surface area is 97.1 Å². The van der Waals surface area contributed by atoms with E-state index in [0.717, 1.165) is 10.6 Å². The number of hydrogen-bond donors (Lipinski definition) is 0. The van der Waals surface area contributed by atoms with Crippen LogP contribution in [-0.4, -0.2) is 5.12 Å². The first-order valence-corrected chi connectivity index (χ1v) is 6.47. The largest absolute Gasteiger partial charge is 0.281 e. The minimum atomic E-state index is 0.161. The van der Waals surface area contributed by atoms with Gasteiger partial charge in [0.1, 0.15) is 0 Å². The van der Waals surface area contributed by atoms with Crippen LogP contribution in [0.3, 0.4) is 0 Å². The van der Waals surface area contributed by atoms with Gasteiger partial charge in [0.05, 0.1) is 4.88 Å². The van der Waals surface area contributed by atoms with Gasteiger partial charge in [-0.3, -0.25) is 4.79 Å². The van der Waals surface area contributed by atoms with Crippen molar-refractivity contribution in [3.63, 3.8) is 0 Å². The molecule has 76 valence electrons. The molecule has 1 heterocycles. The summed E-state index contributed by atoms with van der Waals surface area (Å²) in [5, 5.41) is 2.09. The first kappa shape index (κ1) is 10.5. The van der Waals surface area contributed by atoms with Crippen LogP contribution in [0.5, 0.6) is 0 Å². The zero-order valence-electron chi connectivity index (χ0n) is 8.05. The molecule has 0 saturated carbocycles. The fourth-order valence-corrected chi connectivity index (χ4v) is 2.77. The molecule has 15 heavy (non-hydrogen) atoms. The average molecular weight is 234 g/mol. The molecule has 0 amide bonds. The Hall–Kier alpha value is -1.06. The monoisotopic (exact) mass is 234 g/mol. The van der Waals surface area contributed by atoms with E-state index in [4.69, 9.17) is 0 Å². The maximum absolute atomic E-state index is 11.7. The van der Waals surface area contributed by atoms with Crippen molar-refractivity contribution >= 4 is 28.2 Å². The molecule has 3 heteroatoms. The van der Waals surface area contributed by atoms with Crippen LogP contribution < -0.4 is 0 Å². The Morgan fingerprint density at radius 1 is 1.13 bits per heavy atom. The highest BCUT2D eigenvalue weighted by Crippen LogP contribution is 2.20. The Morgan fingerprint density at radius 2 is 1.93 bits per heavy atom. The lowest BCUT2D eigenvalue weighted by Gasteiger charge is -1.98. The lowest BCUT2D eigenvalue weighted by Crippen LogP contribution is -1.90. The summed E-state index contributed by atoms with van der Waals surface area (Å²) in [6.07, 6.45) is 0. The van der Waals surface area contributed by atoms with Crippen LogP contribution in [0.25, 0.3) is 0 Å². The lowest BCUT2D eigenvalue weighted by molar-refractivity contribution is 0.109. The summed E-state index contributed by atoms with van der Waals surface area (Å²) in [6.45, 7) is 0. The van der Waals surface area contributed by atoms with Crippen LogP contribution in [0.15, 0.2) is 47.8 Å². The second-order valence-electron chi connectivity index (χ2n) is 3.04. The van der Waals surface area contributed by atoms with E-state index in [0.29, 0.717) is 0 Å². The van der Waals surface area contributed by atoms with E-state index < -0.39 is 0 Å². The van der Waals surface area contributed by atoms with E-state index in [1.165, 1.54) is 28.7 Å². The molecule has 2 rings (SSSR count). The van der Waals surface area contributed by atoms with Gasteiger partial charge >= 0.3 is 0 Å². The zero-order valence-corrected chi connectivity index (χ0v) is 9.68. The highest BCUT2D eigenvalue weighted by molar-refractivity contribution is 8.13. The minimum Gasteiger partial charge on any atom is -0.281 e. The first-order valence-electron chi connectivity index (χ1n) is 4.61. The number of thiophene rings is 1. The lowest BCUT2D eigenvalue weighted by atomic mass is 10.2. The van der Waals surface area contributed by atoms with Crippen molar-refractivity contribution in [2.24, 2.45) is 0 Å². The molecule has 0 aliphatic carbocycles. The normalized spacial score (nSPS) is 10.1. The molecular weight excluding hydrogens is 224 g/mol. The molecule has 0 unspecified atom stereocenters. The van der Waals surface area contributed by atoms with E-state index >= 15 is 0 Å². The van der Waals surface area contributed by atoms with Crippen molar-refractivity contribution in [1.82, 2.24) is 0 Å². The number of rotatable bonds is 3. The van der Waals surface area contributed by atoms with Gasteiger partial charge in [-0.15, -0.1) is 11.3 Å². The summed E-state index contributed by atoms with van der Waals surface area (Å²) in [5.41, 5.74) is 1.19. The maximum Gasteiger partial charge on any atom is 0.229 e. The van der Waals surface area contributed by atoms with Crippen molar-refractivity contribution < 1.29 is 4.79 Å². The standard InChI is InChI=1S/C12H10OS2/c13-12(11-7-4-8-14-11)15-9-10-5-2-1-3-6-10/h1-8H,9H2. The van der Waals surface area contributed by atoms with Gasteiger partial charge in [-0.25, -0.2) is 0 Å². The van der Waals surface area contributed by atoms with Gasteiger partial charge in [-0.2, -0.15) is 0 Å². The molecule has 0 fully saturated rings. The fraction of sp³-hybridized carbons (Fsp3) is 0.0833. The van der Waals surface area contributed by atoms with Gasteiger partial charge in [-0.1, -0.05) is 48.2 Å². The van der Waals surface area contributed by atoms with Crippen molar-refractivity contribution in [2.45, 2.75) is 5.75 Å². The summed E-state index contributed by atoms with van der Waals surface area (Å²) < 4.78 is 0. The third-order valence-electron chi connectivity index (χ3n) is 1.94. The van der Waals surface area contributed by atoms with Crippen molar-refractivity contribution in [2.75, 3.05) is 0 Å². The van der Waals surface area contributed by atoms with Gasteiger partial charge in [0, 0.05) is 5.75 Å². The summed E-state index contributed by atoms with van der Waals surface area (Å²) in [4.78, 5) is 12.5. The van der Waals surface area contributed by atoms with E-state index in [1.807, 2.05) is 47.8 Å². The molecule has 1 aromatic carbocycles. The second kappa shape index (κ2) is 5.14. The molecule has 1 aromatic heterocycles. The predicted molar refractivity (Wildman–Crippen MR) is 66.4 cm³/mol. The number of hydrogen-bond acceptors (Lipinski definition) is 3. The maximum atomic E-state index is 11.7. The third-order valence-corrected chi connectivity index (χ3v) is 3.89. The topological polar surface area (TPSA) is 17.1 Å². The van der Waals surface area contributed by atoms with Gasteiger partial charge in [0.25, 0.3) is 0 Å². The van der Waals surface area contributed by atoms with Crippen LogP contribution in [0.2, 0.25) is 0 Å². The quantitative estimate of drug-likeness (QED) is 0.803. The molecule has 0 bridgehead atoms. The Balaban J connectivity index is 1.92. The zero-order chi connectivity index (χ0) is 10.5. The Morgan fingerprint density at radius 3 is 2.60 bits per heavy atom. The molecule has 0 atom stereocenters. The van der Waals surface area contributed by atoms with E-state index in [-0.39, 0.29) is 5.12 Å². The molecule has 0 N–H and O–H groups in total. The van der Waals surface area contributed by atoms with E-state index in [1.54, 1.807) is 0 Å². The van der Waals surface area contributed by atoms with Gasteiger partial charge in [0.2, 0.25) is 5.12 Å². The summed E-state index contributed by atoms with van der Waals surface area (Å²) in [5.74, 6) is 0.748. The molecule has 0 aliphatic heterocycles. The fourth-order valence-electron chi connectivity index (χ4n) is 1.19. The number of carbonyl (C=O) groups is 1. The highest BCUT2D eigenvalue weighted by atomic mass is 32.2. The Kier molecular flexibility index (Phi) is 3.59. The SMILES string of the molecule is O=C(SCc1ccccc1)c1cccs1. The van der Waals surface area contributed by atoms with Gasteiger partial charge < -0.3 is 0 Å². The van der Waals surface area contributed by atoms with E-state index in [9.17, 15) is 4.79 Å². The minimum absolute atomic E-state index is 0.161. The molecule has 0 saturated heterocycles. The van der Waals surface area contributed by atoms with Crippen molar-refractivity contribution in [3.05, 3.63) is 58.3 Å². The number of benzene rings is 1. The molecule has 0 radical (unpaired) electrons. The van der Waals surface area contributed by atoms with Crippen molar-refractivity contribution in [1.29, 1.82) is 0 Å². The van der Waals surface area contributed by atoms with Gasteiger partial charge in [0.15, 0.2) is 0 Å². The van der Waals surface area contributed by atoms with Crippen LogP contribution in [0.4, 0.5) is 0 Å². The summed E-state index contributed by atoms with van der Waals surface area (Å²) >= 11 is 2.85. The van der Waals surface area contributed by atoms with Crippen LogP contribution >= 0.6 is 23.1 Å². The Bertz CT molecular complexity index is 420. The molecule has 2 aromatic rings. The summed E-state index contributed by atoms with van der Waals surface area (Å²) in [7, 11) is 0. The average Bonchev–Trinajstić information content (AvgIpc) is 2.81. The molecule has 1 nitrogen and oxygen atoms in total. The number of thioether (sulfide) groups is 1. The number of carbonyl (C=O) groups excluding carboxylic acids is 1. The highest BCUT2D eigenvalue weighted by Gasteiger charge is 2.06. The first-order chi connectivity index (χ1) is 7.36. The molecule has 0 aliphatic rings. The van der Waals surface area contributed by atoms with Crippen LogP contribution in [0, 0.1) is 0 Å². The van der Waals surface area contributed by atoms with Crippen LogP contribution in [-0.2, 0) is 5.75 Å².